The maximum Gasteiger partial charge on any atom is 0.199 e. The van der Waals surface area contributed by atoms with Crippen molar-refractivity contribution in [2.75, 3.05) is 0 Å². The molecule has 0 aliphatic rings. The zero-order chi connectivity index (χ0) is 15.2. The summed E-state index contributed by atoms with van der Waals surface area (Å²) in [6, 6.07) is 17.2. The van der Waals surface area contributed by atoms with E-state index in [4.69, 9.17) is 0 Å². The van der Waals surface area contributed by atoms with Crippen molar-refractivity contribution in [1.82, 2.24) is 0 Å². The highest BCUT2D eigenvalue weighted by molar-refractivity contribution is 14.2. The summed E-state index contributed by atoms with van der Waals surface area (Å²) in [5.41, 5.74) is 2.39. The fourth-order valence-corrected chi connectivity index (χ4v) is 3.85. The van der Waals surface area contributed by atoms with Gasteiger partial charge in [0, 0.05) is 0 Å². The Morgan fingerprint density at radius 1 is 0.800 bits per heavy atom. The van der Waals surface area contributed by atoms with Gasteiger partial charge in [-0.3, -0.25) is 0 Å². The number of alkyl halides is 2. The second-order valence-corrected chi connectivity index (χ2v) is 12.9. The third kappa shape index (κ3) is 5.69. The third-order valence-electron chi connectivity index (χ3n) is 2.52. The minimum atomic E-state index is -3.12. The second-order valence-electron chi connectivity index (χ2n) is 4.27. The Hall–Kier alpha value is -0.150. The summed E-state index contributed by atoms with van der Waals surface area (Å²) in [7, 11) is -3.12. The zero-order valence-corrected chi connectivity index (χ0v) is 16.4. The number of sulfone groups is 1. The first kappa shape index (κ1) is 17.9. The zero-order valence-electron chi connectivity index (χ0n) is 11.3. The first-order chi connectivity index (χ1) is 9.34. The van der Waals surface area contributed by atoms with Gasteiger partial charge in [0.1, 0.15) is 0 Å². The molecule has 0 saturated heterocycles. The van der Waals surface area contributed by atoms with Gasteiger partial charge in [-0.25, -0.2) is 8.42 Å². The van der Waals surface area contributed by atoms with E-state index in [2.05, 4.69) is 19.1 Å². The van der Waals surface area contributed by atoms with Crippen LogP contribution in [0, 0.1) is 13.8 Å². The topological polar surface area (TPSA) is 34.1 Å². The number of hydrogen-bond acceptors (Lipinski definition) is 2. The molecule has 0 radical (unpaired) electrons. The highest BCUT2D eigenvalue weighted by atomic mass is 127. The number of halogens is 2. The van der Waals surface area contributed by atoms with E-state index in [-0.39, 0.29) is 0 Å². The van der Waals surface area contributed by atoms with Crippen LogP contribution in [0.15, 0.2) is 59.5 Å². The van der Waals surface area contributed by atoms with E-state index in [0.29, 0.717) is 4.90 Å². The minimum absolute atomic E-state index is 0.395. The highest BCUT2D eigenvalue weighted by Crippen LogP contribution is 2.25. The number of hydrogen-bond donors (Lipinski definition) is 0. The van der Waals surface area contributed by atoms with Crippen molar-refractivity contribution in [1.29, 1.82) is 0 Å². The predicted octanol–water partition coefficient (Wildman–Crippen LogP) is 4.92. The van der Waals surface area contributed by atoms with E-state index in [0.717, 1.165) is 5.56 Å². The lowest BCUT2D eigenvalue weighted by atomic mass is 10.2. The van der Waals surface area contributed by atoms with Crippen LogP contribution in [0.3, 0.4) is 0 Å². The predicted molar refractivity (Wildman–Crippen MR) is 101 cm³/mol. The Kier molecular flexibility index (Phi) is 7.46. The summed E-state index contributed by atoms with van der Waals surface area (Å²) in [5, 5.41) is 0. The number of benzene rings is 2. The van der Waals surface area contributed by atoms with Crippen molar-refractivity contribution in [3.05, 3.63) is 65.7 Å². The molecule has 0 aliphatic heterocycles. The van der Waals surface area contributed by atoms with Crippen molar-refractivity contribution in [3.8, 4) is 0 Å². The molecule has 2 nitrogen and oxygen atoms in total. The molecule has 2 rings (SSSR count). The molecule has 20 heavy (non-hydrogen) atoms. The molecule has 0 unspecified atom stereocenters. The summed E-state index contributed by atoms with van der Waals surface area (Å²) in [5.74, 6) is 0. The number of aryl methyl sites for hydroxylation is 2. The molecule has 0 aromatic heterocycles. The Morgan fingerprint density at radius 2 is 1.25 bits per heavy atom. The SMILES string of the molecule is Cc1ccc(S(=O)(=O)C(I)I)cc1.Cc1ccccc1. The van der Waals surface area contributed by atoms with E-state index >= 15 is 0 Å². The van der Waals surface area contributed by atoms with Gasteiger partial charge in [-0.15, -0.1) is 0 Å². The smallest absolute Gasteiger partial charge is 0.199 e. The highest BCUT2D eigenvalue weighted by Gasteiger charge is 2.21. The molecule has 0 atom stereocenters. The van der Waals surface area contributed by atoms with Gasteiger partial charge in [-0.2, -0.15) is 0 Å². The standard InChI is InChI=1S/C8H8I2O2S.C7H8/c1-6-2-4-7(5-3-6)13(11,12)8(9)10;1-7-5-3-2-4-6-7/h2-5,8H,1H3;2-6H,1H3. The number of rotatable bonds is 2. The molecule has 108 valence electrons. The molecule has 0 saturated carbocycles. The molecule has 0 N–H and O–H groups in total. The van der Waals surface area contributed by atoms with E-state index in [1.807, 2.05) is 82.4 Å². The molecule has 0 spiro atoms. The van der Waals surface area contributed by atoms with Gasteiger partial charge in [0.25, 0.3) is 0 Å². The van der Waals surface area contributed by atoms with Crippen LogP contribution in [0.1, 0.15) is 11.1 Å². The Balaban J connectivity index is 0.000000240. The summed E-state index contributed by atoms with van der Waals surface area (Å²) in [6.45, 7) is 4.02. The van der Waals surface area contributed by atoms with Gasteiger partial charge in [0.2, 0.25) is 0 Å². The third-order valence-corrected chi connectivity index (χ3v) is 7.94. The van der Waals surface area contributed by atoms with Crippen LogP contribution in [0.25, 0.3) is 0 Å². The largest absolute Gasteiger partial charge is 0.222 e. The van der Waals surface area contributed by atoms with Crippen LogP contribution >= 0.6 is 45.2 Å². The van der Waals surface area contributed by atoms with Crippen molar-refractivity contribution in [2.45, 2.75) is 20.0 Å². The average Bonchev–Trinajstić information content (AvgIpc) is 2.40. The van der Waals surface area contributed by atoms with Crippen LogP contribution < -0.4 is 0 Å². The maximum absolute atomic E-state index is 11.6. The molecule has 0 aliphatic carbocycles. The minimum Gasteiger partial charge on any atom is -0.222 e. The molecular formula is C15H16I2O2S. The Morgan fingerprint density at radius 3 is 1.60 bits per heavy atom. The fourth-order valence-electron chi connectivity index (χ4n) is 1.37. The lowest BCUT2D eigenvalue weighted by Crippen LogP contribution is -2.07. The van der Waals surface area contributed by atoms with E-state index in [1.54, 1.807) is 12.1 Å². The summed E-state index contributed by atoms with van der Waals surface area (Å²) >= 11 is 3.79. The monoisotopic (exact) mass is 514 g/mol. The first-order valence-corrected chi connectivity index (χ1v) is 9.98. The molecular weight excluding hydrogens is 498 g/mol. The van der Waals surface area contributed by atoms with E-state index in [9.17, 15) is 8.42 Å². The van der Waals surface area contributed by atoms with Crippen LogP contribution in [-0.4, -0.2) is 9.68 Å². The first-order valence-electron chi connectivity index (χ1n) is 5.94. The van der Waals surface area contributed by atoms with Gasteiger partial charge in [0.05, 0.1) is 4.90 Å². The Bertz CT molecular complexity index is 621. The van der Waals surface area contributed by atoms with E-state index < -0.39 is 11.1 Å². The van der Waals surface area contributed by atoms with Crippen molar-refractivity contribution in [3.63, 3.8) is 0 Å². The molecule has 5 heteroatoms. The van der Waals surface area contributed by atoms with Crippen LogP contribution in [-0.2, 0) is 9.84 Å². The molecule has 2 aromatic carbocycles. The lowest BCUT2D eigenvalue weighted by Gasteiger charge is -2.04. The van der Waals surface area contributed by atoms with Gasteiger partial charge in [0.15, 0.2) is 11.1 Å². The summed E-state index contributed by atoms with van der Waals surface area (Å²) in [6.07, 6.45) is 0. The molecule has 0 amide bonds. The molecule has 0 bridgehead atoms. The van der Waals surface area contributed by atoms with Gasteiger partial charge in [-0.1, -0.05) is 98.8 Å². The molecule has 0 heterocycles. The van der Waals surface area contributed by atoms with Crippen LogP contribution in [0.5, 0.6) is 0 Å². The van der Waals surface area contributed by atoms with Gasteiger partial charge < -0.3 is 0 Å². The van der Waals surface area contributed by atoms with Crippen molar-refractivity contribution < 1.29 is 8.42 Å². The van der Waals surface area contributed by atoms with Crippen molar-refractivity contribution in [2.24, 2.45) is 0 Å². The van der Waals surface area contributed by atoms with Gasteiger partial charge >= 0.3 is 0 Å². The fraction of sp³-hybridized carbons (Fsp3) is 0.200. The van der Waals surface area contributed by atoms with Gasteiger partial charge in [-0.05, 0) is 26.0 Å². The quantitative estimate of drug-likeness (QED) is 0.422. The summed E-state index contributed by atoms with van der Waals surface area (Å²) in [4.78, 5) is 0.395. The molecule has 2 aromatic rings. The Labute approximate surface area is 148 Å². The van der Waals surface area contributed by atoms with Crippen molar-refractivity contribution >= 4 is 55.0 Å². The maximum atomic E-state index is 11.6. The van der Waals surface area contributed by atoms with Crippen LogP contribution in [0.4, 0.5) is 0 Å². The molecule has 0 fully saturated rings. The van der Waals surface area contributed by atoms with Crippen LogP contribution in [0.2, 0.25) is 0 Å². The summed E-state index contributed by atoms with van der Waals surface area (Å²) < 4.78 is 22.8. The van der Waals surface area contributed by atoms with E-state index in [1.165, 1.54) is 5.56 Å². The lowest BCUT2D eigenvalue weighted by molar-refractivity contribution is 0.600. The normalized spacial score (nSPS) is 10.8. The second kappa shape index (κ2) is 8.33. The average molecular weight is 514 g/mol.